The van der Waals surface area contributed by atoms with E-state index in [9.17, 15) is 38.9 Å². The smallest absolute Gasteiger partial charge is 0.313 e. The van der Waals surface area contributed by atoms with E-state index in [0.717, 1.165) is 22.7 Å². The normalized spacial score (nSPS) is 12.8. The molecule has 9 N–H and O–H groups in total. The SMILES string of the molecule is Cc1cc(C)c(S(=O)(=O)ON)c(C)c1Nc1nc(N(c2nc3ccc(S(=O)(=O)ON)cc3s2)c2c(C)cc(C)c(S(=O)(=O)ON)c2C)ccc1/N=N/c1c(C#N)c(C(C)(C)C)nn1-c1nc2ccc(S(=O)(=O)ON)cc2s1. The Labute approximate surface area is 449 Å². The largest absolute Gasteiger partial charge is 0.338 e. The van der Waals surface area contributed by atoms with Crippen molar-refractivity contribution in [2.75, 3.05) is 10.2 Å². The van der Waals surface area contributed by atoms with E-state index in [2.05, 4.69) is 43.7 Å². The molecular weight excluding hydrogens is 1120 g/mol. The van der Waals surface area contributed by atoms with Gasteiger partial charge < -0.3 is 5.32 Å². The van der Waals surface area contributed by atoms with Gasteiger partial charge in [-0.15, -0.1) is 10.2 Å². The number of azo groups is 1. The predicted molar refractivity (Wildman–Crippen MR) is 284 cm³/mol. The van der Waals surface area contributed by atoms with Gasteiger partial charge in [0.25, 0.3) is 0 Å². The molecule has 0 radical (unpaired) electrons. The highest BCUT2D eigenvalue weighted by Crippen LogP contribution is 2.47. The lowest BCUT2D eigenvalue weighted by Gasteiger charge is -2.27. The number of rotatable bonds is 16. The second-order valence-electron chi connectivity index (χ2n) is 18.1. The van der Waals surface area contributed by atoms with Crippen LogP contribution in [0.25, 0.3) is 25.6 Å². The van der Waals surface area contributed by atoms with Gasteiger partial charge in [0.2, 0.25) is 5.13 Å². The van der Waals surface area contributed by atoms with Crippen molar-refractivity contribution in [2.45, 2.75) is 87.3 Å². The third-order valence-corrected chi connectivity index (χ3v) is 18.8. The van der Waals surface area contributed by atoms with Gasteiger partial charge in [-0.1, -0.05) is 55.6 Å². The van der Waals surface area contributed by atoms with E-state index in [1.807, 2.05) is 20.8 Å². The summed E-state index contributed by atoms with van der Waals surface area (Å²) < 4.78 is 124. The van der Waals surface area contributed by atoms with Gasteiger partial charge in [0.1, 0.15) is 32.9 Å². The molecule has 0 fully saturated rings. The van der Waals surface area contributed by atoms with E-state index in [1.165, 1.54) is 72.0 Å². The minimum absolute atomic E-state index is 0.00906. The molecule has 0 saturated carbocycles. The van der Waals surface area contributed by atoms with Crippen molar-refractivity contribution in [3.63, 3.8) is 0 Å². The van der Waals surface area contributed by atoms with Crippen LogP contribution in [0.5, 0.6) is 0 Å². The number of pyridine rings is 1. The molecule has 0 aliphatic rings. The van der Waals surface area contributed by atoms with Crippen LogP contribution in [0, 0.1) is 52.9 Å². The summed E-state index contributed by atoms with van der Waals surface area (Å²) in [4.78, 5) is 15.0. The van der Waals surface area contributed by atoms with Crippen LogP contribution >= 0.6 is 22.7 Å². The summed E-state index contributed by atoms with van der Waals surface area (Å²) in [5.41, 5.74) is 2.54. The van der Waals surface area contributed by atoms with Gasteiger partial charge in [-0.3, -0.25) is 4.90 Å². The fraction of sp³-hybridized carbons (Fsp3) is 0.222. The number of aryl methyl sites for hydroxylation is 4. The van der Waals surface area contributed by atoms with Crippen LogP contribution in [0.1, 0.15) is 65.4 Å². The quantitative estimate of drug-likeness (QED) is 0.0463. The maximum atomic E-state index is 13.5. The van der Waals surface area contributed by atoms with E-state index in [0.29, 0.717) is 42.8 Å². The first kappa shape index (κ1) is 56.4. The Kier molecular flexibility index (Phi) is 15.0. The molecule has 404 valence electrons. The van der Waals surface area contributed by atoms with Gasteiger partial charge in [0, 0.05) is 11.1 Å². The number of anilines is 5. The van der Waals surface area contributed by atoms with Crippen LogP contribution < -0.4 is 33.8 Å². The molecule has 0 unspecified atom stereocenters. The van der Waals surface area contributed by atoms with Crippen molar-refractivity contribution in [2.24, 2.45) is 33.8 Å². The minimum Gasteiger partial charge on any atom is -0.338 e. The van der Waals surface area contributed by atoms with E-state index < -0.39 is 45.9 Å². The zero-order chi connectivity index (χ0) is 56.5. The number of nitrogens with two attached hydrogens (primary N) is 4. The number of hydrogen-bond acceptors (Lipinski definition) is 27. The average Bonchev–Trinajstić information content (AvgIpc) is 4.10. The monoisotopic (exact) mass is 1170 g/mol. The second kappa shape index (κ2) is 20.5. The summed E-state index contributed by atoms with van der Waals surface area (Å²) in [7, 11) is -17.8. The van der Waals surface area contributed by atoms with Crippen molar-refractivity contribution in [3.05, 3.63) is 105 Å². The van der Waals surface area contributed by atoms with Gasteiger partial charge in [-0.25, -0.2) is 15.0 Å². The molecule has 8 aromatic rings. The fourth-order valence-corrected chi connectivity index (χ4v) is 14.0. The van der Waals surface area contributed by atoms with Crippen LogP contribution in [0.3, 0.4) is 0 Å². The predicted octanol–water partition coefficient (Wildman–Crippen LogP) is 7.45. The summed E-state index contributed by atoms with van der Waals surface area (Å²) in [6.07, 6.45) is 0. The van der Waals surface area contributed by atoms with Crippen molar-refractivity contribution in [1.82, 2.24) is 24.7 Å². The lowest BCUT2D eigenvalue weighted by Crippen LogP contribution is -2.19. The topological polar surface area (TPSA) is 398 Å². The molecule has 77 heavy (non-hydrogen) atoms. The number of nitriles is 1. The molecule has 0 aliphatic heterocycles. The first-order chi connectivity index (χ1) is 36.0. The summed E-state index contributed by atoms with van der Waals surface area (Å²) in [6.45, 7) is 15.1. The number of hydrogen-bond donors (Lipinski definition) is 5. The minimum atomic E-state index is -4.58. The number of thiazole rings is 2. The van der Waals surface area contributed by atoms with E-state index >= 15 is 0 Å². The van der Waals surface area contributed by atoms with Crippen LogP contribution in [0.2, 0.25) is 0 Å². The Morgan fingerprint density at radius 3 is 1.73 bits per heavy atom. The van der Waals surface area contributed by atoms with Crippen molar-refractivity contribution < 1.29 is 50.8 Å². The van der Waals surface area contributed by atoms with Gasteiger partial charge in [0.05, 0.1) is 41.6 Å². The molecule has 4 aromatic carbocycles. The van der Waals surface area contributed by atoms with E-state index in [4.69, 9.17) is 38.7 Å². The maximum absolute atomic E-state index is 13.5. The highest BCUT2D eigenvalue weighted by molar-refractivity contribution is 7.87. The molecule has 0 bridgehead atoms. The highest BCUT2D eigenvalue weighted by atomic mass is 32.2. The molecule has 4 aromatic heterocycles. The number of nitrogens with zero attached hydrogens (tertiary/aromatic N) is 9. The zero-order valence-corrected chi connectivity index (χ0v) is 46.9. The molecular formula is C45H46N14O12S6. The fourth-order valence-electron chi connectivity index (χ4n) is 8.65. The van der Waals surface area contributed by atoms with Crippen LogP contribution in [0.4, 0.5) is 39.6 Å². The van der Waals surface area contributed by atoms with Crippen molar-refractivity contribution >= 4 is 123 Å². The van der Waals surface area contributed by atoms with Crippen LogP contribution in [-0.2, 0) is 63.0 Å². The molecule has 8 rings (SSSR count). The van der Waals surface area contributed by atoms with Gasteiger partial charge >= 0.3 is 40.5 Å². The zero-order valence-electron chi connectivity index (χ0n) is 42.0. The lowest BCUT2D eigenvalue weighted by atomic mass is 9.90. The van der Waals surface area contributed by atoms with Crippen molar-refractivity contribution in [3.8, 4) is 11.2 Å². The molecule has 0 saturated heterocycles. The van der Waals surface area contributed by atoms with Gasteiger partial charge in [-0.05, 0) is 123 Å². The Hall–Kier alpha value is -6.81. The molecule has 0 amide bonds. The Morgan fingerprint density at radius 2 is 1.18 bits per heavy atom. The molecule has 32 heteroatoms. The number of nitrogens with one attached hydrogen (secondary N) is 1. The number of aromatic nitrogens is 5. The Bertz CT molecular complexity index is 4300. The molecule has 0 atom stereocenters. The summed E-state index contributed by atoms with van der Waals surface area (Å²) in [6, 6.07) is 16.3. The number of benzene rings is 4. The standard InChI is InChI=1S/C45H46N14O12S6/c1-21-16-23(3)38(76(64,65)70-49)25(5)36(21)54-41-32(55-56-42-29(20-46)40(45(7,8)9)57-59(42)44-52-31-13-11-28(19-34(31)73-44)75(62,63)69-48)14-15-35(53-41)58(37-22(2)17-24(4)39(26(37)6)77(66,67)71-50)43-51-30-12-10-27(18-33(30)72-43)74(60,61)68-47/h10-19H,47-50H2,1-9H3,(H,53,54)/b56-55+. The van der Waals surface area contributed by atoms with E-state index in [1.54, 1.807) is 39.8 Å². The van der Waals surface area contributed by atoms with Crippen LogP contribution in [0.15, 0.2) is 90.5 Å². The summed E-state index contributed by atoms with van der Waals surface area (Å²) >= 11 is 2.01. The third kappa shape index (κ3) is 10.4. The molecule has 26 nitrogen and oxygen atoms in total. The average molecular weight is 1170 g/mol. The van der Waals surface area contributed by atoms with Gasteiger partial charge in [0.15, 0.2) is 16.8 Å². The van der Waals surface area contributed by atoms with Gasteiger partial charge in [-0.2, -0.15) is 89.4 Å². The highest BCUT2D eigenvalue weighted by Gasteiger charge is 2.33. The Balaban J connectivity index is 1.42. The molecule has 0 spiro atoms. The second-order valence-corrected chi connectivity index (χ2v) is 26.3. The number of fused-ring (bicyclic) bond motifs is 2. The molecule has 0 aliphatic carbocycles. The first-order valence-corrected chi connectivity index (χ1v) is 29.4. The Morgan fingerprint density at radius 1 is 0.649 bits per heavy atom. The van der Waals surface area contributed by atoms with Crippen molar-refractivity contribution in [1.29, 1.82) is 5.26 Å². The lowest BCUT2D eigenvalue weighted by molar-refractivity contribution is 0.331. The van der Waals surface area contributed by atoms with E-state index in [-0.39, 0.29) is 86.6 Å². The maximum Gasteiger partial charge on any atom is 0.313 e. The van der Waals surface area contributed by atoms with Crippen LogP contribution in [-0.4, -0.2) is 58.4 Å². The first-order valence-electron chi connectivity index (χ1n) is 22.1. The molecule has 4 heterocycles. The summed E-state index contributed by atoms with van der Waals surface area (Å²) in [5, 5.41) is 28.3. The third-order valence-electron chi connectivity index (χ3n) is 11.9. The summed E-state index contributed by atoms with van der Waals surface area (Å²) in [5.74, 6) is 20.6.